The van der Waals surface area contributed by atoms with Gasteiger partial charge in [0, 0.05) is 6.42 Å². The first-order valence-electron chi connectivity index (χ1n) is 7.30. The summed E-state index contributed by atoms with van der Waals surface area (Å²) in [5.74, 6) is 0.660. The Bertz CT molecular complexity index is 720. The van der Waals surface area contributed by atoms with Crippen LogP contribution in [0, 0.1) is 5.82 Å². The van der Waals surface area contributed by atoms with Gasteiger partial charge in [-0.05, 0) is 34.9 Å². The fourth-order valence-corrected chi connectivity index (χ4v) is 2.35. The van der Waals surface area contributed by atoms with Crippen molar-refractivity contribution in [1.82, 2.24) is 0 Å². The molecule has 0 aliphatic rings. The Kier molecular flexibility index (Phi) is 4.50. The SMILES string of the molecule is Fc1ccc(Cc2ccccc2OCc2ccccc2)cc1. The zero-order chi connectivity index (χ0) is 15.2. The van der Waals surface area contributed by atoms with Gasteiger partial charge in [-0.25, -0.2) is 4.39 Å². The second-order valence-electron chi connectivity index (χ2n) is 5.19. The van der Waals surface area contributed by atoms with Gasteiger partial charge < -0.3 is 4.74 Å². The van der Waals surface area contributed by atoms with Crippen LogP contribution in [0.1, 0.15) is 16.7 Å². The number of benzene rings is 3. The van der Waals surface area contributed by atoms with Gasteiger partial charge in [-0.15, -0.1) is 0 Å². The van der Waals surface area contributed by atoms with E-state index in [2.05, 4.69) is 0 Å². The Morgan fingerprint density at radius 2 is 1.36 bits per heavy atom. The summed E-state index contributed by atoms with van der Waals surface area (Å²) in [7, 11) is 0. The molecule has 0 radical (unpaired) electrons. The van der Waals surface area contributed by atoms with Gasteiger partial charge in [0.25, 0.3) is 0 Å². The molecule has 0 aliphatic carbocycles. The van der Waals surface area contributed by atoms with E-state index in [1.165, 1.54) is 12.1 Å². The van der Waals surface area contributed by atoms with Gasteiger partial charge in [0.05, 0.1) is 0 Å². The molecule has 0 bridgehead atoms. The summed E-state index contributed by atoms with van der Waals surface area (Å²) in [6.07, 6.45) is 0.727. The Morgan fingerprint density at radius 1 is 0.682 bits per heavy atom. The van der Waals surface area contributed by atoms with Gasteiger partial charge in [0.15, 0.2) is 0 Å². The van der Waals surface area contributed by atoms with Crippen LogP contribution < -0.4 is 4.74 Å². The lowest BCUT2D eigenvalue weighted by Gasteiger charge is -2.11. The summed E-state index contributed by atoms with van der Waals surface area (Å²) in [5.41, 5.74) is 3.31. The lowest BCUT2D eigenvalue weighted by atomic mass is 10.0. The van der Waals surface area contributed by atoms with Crippen molar-refractivity contribution in [3.05, 3.63) is 101 Å². The third kappa shape index (κ3) is 3.73. The van der Waals surface area contributed by atoms with E-state index in [4.69, 9.17) is 4.74 Å². The summed E-state index contributed by atoms with van der Waals surface area (Å²) in [6, 6.07) is 24.7. The van der Waals surface area contributed by atoms with E-state index in [-0.39, 0.29) is 5.82 Å². The number of hydrogen-bond acceptors (Lipinski definition) is 1. The number of halogens is 1. The average Bonchev–Trinajstić information content (AvgIpc) is 2.57. The van der Waals surface area contributed by atoms with Crippen LogP contribution in [-0.2, 0) is 13.0 Å². The maximum absolute atomic E-state index is 13.0. The monoisotopic (exact) mass is 292 g/mol. The Hall–Kier alpha value is -2.61. The highest BCUT2D eigenvalue weighted by Crippen LogP contribution is 2.22. The first-order valence-corrected chi connectivity index (χ1v) is 7.30. The molecule has 2 heteroatoms. The molecule has 1 nitrogen and oxygen atoms in total. The Morgan fingerprint density at radius 3 is 2.14 bits per heavy atom. The highest BCUT2D eigenvalue weighted by molar-refractivity contribution is 5.37. The quantitative estimate of drug-likeness (QED) is 0.643. The van der Waals surface area contributed by atoms with E-state index >= 15 is 0 Å². The summed E-state index contributed by atoms with van der Waals surface area (Å²) in [4.78, 5) is 0. The summed E-state index contributed by atoms with van der Waals surface area (Å²) < 4.78 is 18.9. The minimum atomic E-state index is -0.211. The molecule has 0 fully saturated rings. The number of ether oxygens (including phenoxy) is 1. The van der Waals surface area contributed by atoms with Gasteiger partial charge in [0.1, 0.15) is 18.2 Å². The van der Waals surface area contributed by atoms with E-state index in [0.717, 1.165) is 28.9 Å². The minimum Gasteiger partial charge on any atom is -0.489 e. The van der Waals surface area contributed by atoms with Gasteiger partial charge in [0.2, 0.25) is 0 Å². The first kappa shape index (κ1) is 14.3. The molecule has 110 valence electrons. The van der Waals surface area contributed by atoms with Crippen molar-refractivity contribution >= 4 is 0 Å². The number of para-hydroxylation sites is 1. The third-order valence-electron chi connectivity index (χ3n) is 3.52. The van der Waals surface area contributed by atoms with Crippen LogP contribution in [0.15, 0.2) is 78.9 Å². The van der Waals surface area contributed by atoms with Crippen molar-refractivity contribution in [2.75, 3.05) is 0 Å². The lowest BCUT2D eigenvalue weighted by Crippen LogP contribution is -1.99. The van der Waals surface area contributed by atoms with Crippen molar-refractivity contribution in [2.24, 2.45) is 0 Å². The number of hydrogen-bond donors (Lipinski definition) is 0. The smallest absolute Gasteiger partial charge is 0.123 e. The van der Waals surface area contributed by atoms with Crippen molar-refractivity contribution in [1.29, 1.82) is 0 Å². The van der Waals surface area contributed by atoms with Crippen LogP contribution in [0.2, 0.25) is 0 Å². The highest BCUT2D eigenvalue weighted by Gasteiger charge is 2.05. The zero-order valence-corrected chi connectivity index (χ0v) is 12.2. The molecule has 3 aromatic carbocycles. The largest absolute Gasteiger partial charge is 0.489 e. The molecule has 3 aromatic rings. The van der Waals surface area contributed by atoms with Gasteiger partial charge in [-0.1, -0.05) is 60.7 Å². The van der Waals surface area contributed by atoms with Crippen molar-refractivity contribution < 1.29 is 9.13 Å². The molecule has 0 aliphatic heterocycles. The number of rotatable bonds is 5. The molecule has 3 rings (SSSR count). The van der Waals surface area contributed by atoms with E-state index in [1.54, 1.807) is 0 Å². The molecule has 0 atom stereocenters. The standard InChI is InChI=1S/C20H17FO/c21-19-12-10-16(11-13-19)14-18-8-4-5-9-20(18)22-15-17-6-2-1-3-7-17/h1-13H,14-15H2. The lowest BCUT2D eigenvalue weighted by molar-refractivity contribution is 0.303. The van der Waals surface area contributed by atoms with Crippen molar-refractivity contribution in [3.63, 3.8) is 0 Å². The molecule has 0 unspecified atom stereocenters. The predicted molar refractivity (Wildman–Crippen MR) is 86.4 cm³/mol. The predicted octanol–water partition coefficient (Wildman–Crippen LogP) is 5.00. The average molecular weight is 292 g/mol. The fraction of sp³-hybridized carbons (Fsp3) is 0.100. The van der Waals surface area contributed by atoms with Gasteiger partial charge in [-0.3, -0.25) is 0 Å². The second kappa shape index (κ2) is 6.90. The summed E-state index contributed by atoms with van der Waals surface area (Å²) in [5, 5.41) is 0. The van der Waals surface area contributed by atoms with Crippen molar-refractivity contribution in [3.8, 4) is 5.75 Å². The molecule has 0 spiro atoms. The van der Waals surface area contributed by atoms with Crippen LogP contribution in [0.3, 0.4) is 0 Å². The third-order valence-corrected chi connectivity index (χ3v) is 3.52. The normalized spacial score (nSPS) is 10.4. The van der Waals surface area contributed by atoms with E-state index in [9.17, 15) is 4.39 Å². The minimum absolute atomic E-state index is 0.211. The summed E-state index contributed by atoms with van der Waals surface area (Å²) >= 11 is 0. The van der Waals surface area contributed by atoms with E-state index in [1.807, 2.05) is 66.7 Å². The van der Waals surface area contributed by atoms with Gasteiger partial charge in [-0.2, -0.15) is 0 Å². The van der Waals surface area contributed by atoms with Crippen LogP contribution in [0.25, 0.3) is 0 Å². The van der Waals surface area contributed by atoms with E-state index in [0.29, 0.717) is 6.61 Å². The molecule has 0 amide bonds. The molecular formula is C20H17FO. The van der Waals surface area contributed by atoms with Gasteiger partial charge >= 0.3 is 0 Å². The maximum Gasteiger partial charge on any atom is 0.123 e. The van der Waals surface area contributed by atoms with Crippen LogP contribution >= 0.6 is 0 Å². The topological polar surface area (TPSA) is 9.23 Å². The molecule has 0 saturated carbocycles. The van der Waals surface area contributed by atoms with Crippen molar-refractivity contribution in [2.45, 2.75) is 13.0 Å². The molecule has 22 heavy (non-hydrogen) atoms. The first-order chi connectivity index (χ1) is 10.8. The fourth-order valence-electron chi connectivity index (χ4n) is 2.35. The maximum atomic E-state index is 13.0. The second-order valence-corrected chi connectivity index (χ2v) is 5.19. The molecule has 0 heterocycles. The van der Waals surface area contributed by atoms with Crippen LogP contribution in [0.5, 0.6) is 5.75 Å². The molecule has 0 aromatic heterocycles. The Balaban J connectivity index is 1.73. The zero-order valence-electron chi connectivity index (χ0n) is 12.2. The summed E-state index contributed by atoms with van der Waals surface area (Å²) in [6.45, 7) is 0.543. The van der Waals surface area contributed by atoms with Crippen LogP contribution in [0.4, 0.5) is 4.39 Å². The molecule has 0 N–H and O–H groups in total. The van der Waals surface area contributed by atoms with E-state index < -0.39 is 0 Å². The molecule has 0 saturated heterocycles. The van der Waals surface area contributed by atoms with Crippen LogP contribution in [-0.4, -0.2) is 0 Å². The molecular weight excluding hydrogens is 275 g/mol. The highest BCUT2D eigenvalue weighted by atomic mass is 19.1. The Labute approximate surface area is 130 Å².